The van der Waals surface area contributed by atoms with Crippen LogP contribution in [0, 0.1) is 17.6 Å². The highest BCUT2D eigenvalue weighted by atomic mass is 19.1. The molecule has 0 fully saturated rings. The lowest BCUT2D eigenvalue weighted by atomic mass is 10.1. The van der Waals surface area contributed by atoms with E-state index < -0.39 is 11.6 Å². The Morgan fingerprint density at radius 2 is 1.71 bits per heavy atom. The normalized spacial score (nSPS) is 12.9. The van der Waals surface area contributed by atoms with Gasteiger partial charge in [0.25, 0.3) is 0 Å². The molecule has 2 N–H and O–H groups in total. The van der Waals surface area contributed by atoms with Gasteiger partial charge in [0, 0.05) is 6.54 Å². The number of benzene rings is 1. The molecule has 2 nitrogen and oxygen atoms in total. The minimum Gasteiger partial charge on any atom is -0.485 e. The van der Waals surface area contributed by atoms with Crippen molar-refractivity contribution >= 4 is 0 Å². The van der Waals surface area contributed by atoms with Crippen molar-refractivity contribution in [1.29, 1.82) is 0 Å². The van der Waals surface area contributed by atoms with E-state index in [4.69, 9.17) is 10.5 Å². The molecule has 0 radical (unpaired) electrons. The van der Waals surface area contributed by atoms with Crippen LogP contribution < -0.4 is 10.5 Å². The highest BCUT2D eigenvalue weighted by Crippen LogP contribution is 2.25. The van der Waals surface area contributed by atoms with Gasteiger partial charge in [0.05, 0.1) is 6.10 Å². The van der Waals surface area contributed by atoms with Crippen molar-refractivity contribution in [3.63, 3.8) is 0 Å². The number of hydrogen-bond acceptors (Lipinski definition) is 2. The van der Waals surface area contributed by atoms with Crippen LogP contribution in [0.4, 0.5) is 8.78 Å². The predicted molar refractivity (Wildman–Crippen MR) is 63.8 cm³/mol. The summed E-state index contributed by atoms with van der Waals surface area (Å²) in [7, 11) is 0. The van der Waals surface area contributed by atoms with Crippen molar-refractivity contribution in [2.75, 3.05) is 0 Å². The maximum absolute atomic E-state index is 13.6. The monoisotopic (exact) mass is 243 g/mol. The molecule has 0 aromatic heterocycles. The third kappa shape index (κ3) is 3.97. The van der Waals surface area contributed by atoms with Crippen LogP contribution in [0.1, 0.15) is 32.8 Å². The van der Waals surface area contributed by atoms with Crippen LogP contribution in [0.5, 0.6) is 5.75 Å². The summed E-state index contributed by atoms with van der Waals surface area (Å²) in [6, 6.07) is 2.42. The quantitative estimate of drug-likeness (QED) is 0.861. The molecule has 1 unspecified atom stereocenters. The Morgan fingerprint density at radius 1 is 1.18 bits per heavy atom. The largest absolute Gasteiger partial charge is 0.485 e. The molecule has 0 amide bonds. The SMILES string of the molecule is CC(C)CC(C)Oc1c(F)cc(CN)cc1F. The molecule has 1 rings (SSSR count). The summed E-state index contributed by atoms with van der Waals surface area (Å²) < 4.78 is 32.4. The lowest BCUT2D eigenvalue weighted by molar-refractivity contribution is 0.176. The second-order valence-corrected chi connectivity index (χ2v) is 4.65. The van der Waals surface area contributed by atoms with Crippen LogP contribution in [0.2, 0.25) is 0 Å². The first kappa shape index (κ1) is 13.9. The van der Waals surface area contributed by atoms with Crippen molar-refractivity contribution in [3.05, 3.63) is 29.3 Å². The van der Waals surface area contributed by atoms with Gasteiger partial charge in [-0.05, 0) is 37.0 Å². The van der Waals surface area contributed by atoms with Crippen LogP contribution >= 0.6 is 0 Å². The van der Waals surface area contributed by atoms with E-state index in [1.54, 1.807) is 6.92 Å². The minimum absolute atomic E-state index is 0.107. The molecule has 17 heavy (non-hydrogen) atoms. The van der Waals surface area contributed by atoms with Crippen LogP contribution in [0.3, 0.4) is 0 Å². The Balaban J connectivity index is 2.84. The summed E-state index contributed by atoms with van der Waals surface area (Å²) >= 11 is 0. The lowest BCUT2D eigenvalue weighted by Gasteiger charge is -2.17. The first-order chi connectivity index (χ1) is 7.93. The van der Waals surface area contributed by atoms with Gasteiger partial charge in [-0.15, -0.1) is 0 Å². The predicted octanol–water partition coefficient (Wildman–Crippen LogP) is 3.24. The minimum atomic E-state index is -0.693. The summed E-state index contributed by atoms with van der Waals surface area (Å²) in [5, 5.41) is 0. The summed E-state index contributed by atoms with van der Waals surface area (Å²) in [6.07, 6.45) is 0.528. The van der Waals surface area contributed by atoms with Crippen LogP contribution in [-0.4, -0.2) is 6.10 Å². The topological polar surface area (TPSA) is 35.2 Å². The summed E-state index contributed by atoms with van der Waals surface area (Å²) in [5.74, 6) is -1.28. The number of halogens is 2. The molecule has 0 aliphatic carbocycles. The molecule has 0 heterocycles. The lowest BCUT2D eigenvalue weighted by Crippen LogP contribution is -2.16. The van der Waals surface area contributed by atoms with Gasteiger partial charge in [-0.3, -0.25) is 0 Å². The molecular weight excluding hydrogens is 224 g/mol. The molecule has 1 aromatic rings. The highest BCUT2D eigenvalue weighted by molar-refractivity contribution is 5.31. The van der Waals surface area contributed by atoms with E-state index in [9.17, 15) is 8.78 Å². The van der Waals surface area contributed by atoms with Gasteiger partial charge in [-0.25, -0.2) is 8.78 Å². The molecule has 4 heteroatoms. The van der Waals surface area contributed by atoms with Crippen molar-refractivity contribution in [3.8, 4) is 5.75 Å². The molecule has 0 aliphatic rings. The fraction of sp³-hybridized carbons (Fsp3) is 0.538. The van der Waals surface area contributed by atoms with Crippen LogP contribution in [0.15, 0.2) is 12.1 Å². The van der Waals surface area contributed by atoms with Crippen LogP contribution in [0.25, 0.3) is 0 Å². The van der Waals surface area contributed by atoms with Gasteiger partial charge in [0.1, 0.15) is 0 Å². The molecular formula is C13H19F2NO. The van der Waals surface area contributed by atoms with E-state index in [-0.39, 0.29) is 18.4 Å². The molecule has 1 atom stereocenters. The standard InChI is InChI=1S/C13H19F2NO/c1-8(2)4-9(3)17-13-11(14)5-10(7-16)6-12(13)15/h5-6,8-9H,4,7,16H2,1-3H3. The first-order valence-electron chi connectivity index (χ1n) is 5.78. The van der Waals surface area contributed by atoms with Crippen molar-refractivity contribution in [2.45, 2.75) is 39.8 Å². The fourth-order valence-electron chi connectivity index (χ4n) is 1.76. The Morgan fingerprint density at radius 3 is 2.12 bits per heavy atom. The van der Waals surface area contributed by atoms with Gasteiger partial charge in [0.15, 0.2) is 17.4 Å². The average Bonchev–Trinajstić information content (AvgIpc) is 2.22. The molecule has 0 bridgehead atoms. The van der Waals surface area contributed by atoms with E-state index in [1.807, 2.05) is 13.8 Å². The van der Waals surface area contributed by atoms with Crippen molar-refractivity contribution < 1.29 is 13.5 Å². The zero-order valence-corrected chi connectivity index (χ0v) is 10.5. The second-order valence-electron chi connectivity index (χ2n) is 4.65. The van der Waals surface area contributed by atoms with E-state index in [2.05, 4.69) is 0 Å². The molecule has 0 saturated carbocycles. The Labute approximate surface area is 101 Å². The summed E-state index contributed by atoms with van der Waals surface area (Å²) in [4.78, 5) is 0. The van der Waals surface area contributed by atoms with Crippen LogP contribution in [-0.2, 0) is 6.54 Å². The summed E-state index contributed by atoms with van der Waals surface area (Å²) in [5.41, 5.74) is 5.75. The molecule has 96 valence electrons. The Hall–Kier alpha value is -1.16. The zero-order valence-electron chi connectivity index (χ0n) is 10.5. The van der Waals surface area contributed by atoms with Gasteiger partial charge >= 0.3 is 0 Å². The van der Waals surface area contributed by atoms with E-state index in [0.29, 0.717) is 11.5 Å². The van der Waals surface area contributed by atoms with E-state index in [0.717, 1.165) is 6.42 Å². The number of hydrogen-bond donors (Lipinski definition) is 1. The first-order valence-corrected chi connectivity index (χ1v) is 5.78. The highest BCUT2D eigenvalue weighted by Gasteiger charge is 2.15. The number of ether oxygens (including phenoxy) is 1. The van der Waals surface area contributed by atoms with Crippen molar-refractivity contribution in [1.82, 2.24) is 0 Å². The number of rotatable bonds is 5. The fourth-order valence-corrected chi connectivity index (χ4v) is 1.76. The molecule has 0 saturated heterocycles. The maximum Gasteiger partial charge on any atom is 0.191 e. The third-order valence-electron chi connectivity index (χ3n) is 2.42. The van der Waals surface area contributed by atoms with E-state index in [1.165, 1.54) is 12.1 Å². The Bertz CT molecular complexity index is 357. The van der Waals surface area contributed by atoms with Gasteiger partial charge < -0.3 is 10.5 Å². The zero-order chi connectivity index (χ0) is 13.0. The second kappa shape index (κ2) is 5.96. The average molecular weight is 243 g/mol. The van der Waals surface area contributed by atoms with Gasteiger partial charge in [-0.1, -0.05) is 13.8 Å². The molecule has 1 aromatic carbocycles. The molecule has 0 spiro atoms. The maximum atomic E-state index is 13.6. The summed E-state index contributed by atoms with van der Waals surface area (Å²) in [6.45, 7) is 5.97. The van der Waals surface area contributed by atoms with Gasteiger partial charge in [0.2, 0.25) is 0 Å². The smallest absolute Gasteiger partial charge is 0.191 e. The van der Waals surface area contributed by atoms with Gasteiger partial charge in [-0.2, -0.15) is 0 Å². The van der Waals surface area contributed by atoms with E-state index >= 15 is 0 Å². The third-order valence-corrected chi connectivity index (χ3v) is 2.42. The number of nitrogens with two attached hydrogens (primary N) is 1. The Kier molecular flexibility index (Phi) is 4.87. The molecule has 0 aliphatic heterocycles. The van der Waals surface area contributed by atoms with Crippen molar-refractivity contribution in [2.24, 2.45) is 11.7 Å².